The Morgan fingerprint density at radius 2 is 1.92 bits per heavy atom. The van der Waals surface area contributed by atoms with E-state index in [9.17, 15) is 0 Å². The maximum absolute atomic E-state index is 5.85. The average molecular weight is 369 g/mol. The van der Waals surface area contributed by atoms with Crippen molar-refractivity contribution in [1.82, 2.24) is 14.8 Å². The quantitative estimate of drug-likeness (QED) is 0.453. The van der Waals surface area contributed by atoms with Gasteiger partial charge in [0.25, 0.3) is 11.1 Å². The summed E-state index contributed by atoms with van der Waals surface area (Å²) in [5.74, 6) is 2.17. The molecule has 0 aliphatic heterocycles. The highest BCUT2D eigenvalue weighted by Crippen LogP contribution is 2.33. The van der Waals surface area contributed by atoms with Crippen LogP contribution in [0, 0.1) is 0 Å². The van der Waals surface area contributed by atoms with Gasteiger partial charge in [-0.25, -0.2) is 0 Å². The molecule has 4 rings (SSSR count). The first kappa shape index (κ1) is 16.0. The lowest BCUT2D eigenvalue weighted by atomic mass is 10.2. The fourth-order valence-electron chi connectivity index (χ4n) is 2.39. The van der Waals surface area contributed by atoms with Gasteiger partial charge in [0.2, 0.25) is 0 Å². The van der Waals surface area contributed by atoms with Crippen molar-refractivity contribution in [2.75, 3.05) is 7.11 Å². The summed E-state index contributed by atoms with van der Waals surface area (Å²) in [6.45, 7) is 0. The van der Waals surface area contributed by atoms with Crippen molar-refractivity contribution in [3.8, 4) is 22.2 Å². The Hall–Kier alpha value is -2.51. The summed E-state index contributed by atoms with van der Waals surface area (Å²) in [5.41, 5.74) is 2.22. The molecule has 0 aliphatic rings. The van der Waals surface area contributed by atoms with E-state index in [-0.39, 0.29) is 0 Å². The number of ether oxygens (including phenoxy) is 1. The minimum Gasteiger partial charge on any atom is -0.497 e. The van der Waals surface area contributed by atoms with Crippen molar-refractivity contribution in [1.29, 1.82) is 0 Å². The molecule has 0 bridgehead atoms. The SMILES string of the molecule is COc1ccc(CSc2nnc(-c3sccc3-n3cccc3)o2)cc1. The highest BCUT2D eigenvalue weighted by molar-refractivity contribution is 7.98. The Labute approximate surface area is 153 Å². The number of methoxy groups -OCH3 is 1. The number of thioether (sulfide) groups is 1. The number of benzene rings is 1. The van der Waals surface area contributed by atoms with E-state index in [1.807, 2.05) is 64.8 Å². The Bertz CT molecular complexity index is 943. The van der Waals surface area contributed by atoms with Crippen molar-refractivity contribution in [3.63, 3.8) is 0 Å². The third-order valence-electron chi connectivity index (χ3n) is 3.65. The van der Waals surface area contributed by atoms with E-state index in [2.05, 4.69) is 10.2 Å². The number of thiophene rings is 1. The van der Waals surface area contributed by atoms with E-state index in [0.717, 1.165) is 22.1 Å². The van der Waals surface area contributed by atoms with Crippen LogP contribution in [0.15, 0.2) is 69.9 Å². The maximum atomic E-state index is 5.85. The van der Waals surface area contributed by atoms with Gasteiger partial charge in [0, 0.05) is 18.1 Å². The highest BCUT2D eigenvalue weighted by atomic mass is 32.2. The topological polar surface area (TPSA) is 53.1 Å². The van der Waals surface area contributed by atoms with Crippen LogP contribution < -0.4 is 4.74 Å². The highest BCUT2D eigenvalue weighted by Gasteiger charge is 2.15. The molecule has 0 aliphatic carbocycles. The number of rotatable bonds is 6. The van der Waals surface area contributed by atoms with E-state index in [0.29, 0.717) is 11.1 Å². The Kier molecular flexibility index (Phi) is 4.58. The molecule has 25 heavy (non-hydrogen) atoms. The molecule has 0 saturated carbocycles. The second kappa shape index (κ2) is 7.16. The smallest absolute Gasteiger partial charge is 0.277 e. The Morgan fingerprint density at radius 3 is 2.68 bits per heavy atom. The first-order valence-corrected chi connectivity index (χ1v) is 9.50. The van der Waals surface area contributed by atoms with Gasteiger partial charge in [-0.1, -0.05) is 23.9 Å². The first-order chi connectivity index (χ1) is 12.3. The van der Waals surface area contributed by atoms with Gasteiger partial charge in [-0.3, -0.25) is 0 Å². The number of hydrogen-bond donors (Lipinski definition) is 0. The predicted molar refractivity (Wildman–Crippen MR) is 99.5 cm³/mol. The molecular weight excluding hydrogens is 354 g/mol. The molecule has 5 nitrogen and oxygen atoms in total. The average Bonchev–Trinajstić information content (AvgIpc) is 3.40. The molecule has 0 amide bonds. The zero-order chi connectivity index (χ0) is 17.1. The molecule has 126 valence electrons. The van der Waals surface area contributed by atoms with Gasteiger partial charge in [0.15, 0.2) is 0 Å². The minimum absolute atomic E-state index is 0.552. The summed E-state index contributed by atoms with van der Waals surface area (Å²) in [5, 5.41) is 11.0. The van der Waals surface area contributed by atoms with E-state index >= 15 is 0 Å². The molecule has 3 aromatic heterocycles. The monoisotopic (exact) mass is 369 g/mol. The van der Waals surface area contributed by atoms with Crippen molar-refractivity contribution in [2.24, 2.45) is 0 Å². The fourth-order valence-corrected chi connectivity index (χ4v) is 3.92. The molecule has 0 unspecified atom stereocenters. The molecule has 0 radical (unpaired) electrons. The summed E-state index contributed by atoms with van der Waals surface area (Å²) in [6, 6.07) is 14.0. The summed E-state index contributed by atoms with van der Waals surface area (Å²) in [7, 11) is 1.66. The molecule has 1 aromatic carbocycles. The van der Waals surface area contributed by atoms with Crippen molar-refractivity contribution >= 4 is 23.1 Å². The molecular formula is C18H15N3O2S2. The van der Waals surface area contributed by atoms with E-state index in [4.69, 9.17) is 9.15 Å². The van der Waals surface area contributed by atoms with Crippen molar-refractivity contribution < 1.29 is 9.15 Å². The van der Waals surface area contributed by atoms with Gasteiger partial charge in [-0.2, -0.15) is 0 Å². The first-order valence-electron chi connectivity index (χ1n) is 7.64. The molecule has 0 fully saturated rings. The number of nitrogens with zero attached hydrogens (tertiary/aromatic N) is 3. The van der Waals surface area contributed by atoms with Crippen LogP contribution in [0.5, 0.6) is 5.75 Å². The molecule has 3 heterocycles. The van der Waals surface area contributed by atoms with E-state index in [1.165, 1.54) is 17.3 Å². The largest absolute Gasteiger partial charge is 0.497 e. The minimum atomic E-state index is 0.552. The zero-order valence-corrected chi connectivity index (χ0v) is 15.1. The second-order valence-corrected chi connectivity index (χ2v) is 7.08. The van der Waals surface area contributed by atoms with Gasteiger partial charge >= 0.3 is 0 Å². The normalized spacial score (nSPS) is 10.9. The van der Waals surface area contributed by atoms with E-state index < -0.39 is 0 Å². The predicted octanol–water partition coefficient (Wildman–Crippen LogP) is 4.89. The van der Waals surface area contributed by atoms with Crippen LogP contribution in [-0.2, 0) is 5.75 Å². The molecule has 0 spiro atoms. The number of aromatic nitrogens is 3. The van der Waals surface area contributed by atoms with Crippen LogP contribution in [0.3, 0.4) is 0 Å². The van der Waals surface area contributed by atoms with Gasteiger partial charge in [-0.15, -0.1) is 21.5 Å². The molecule has 0 saturated heterocycles. The Balaban J connectivity index is 1.48. The summed E-state index contributed by atoms with van der Waals surface area (Å²) < 4.78 is 13.1. The standard InChI is InChI=1S/C18H15N3O2S2/c1-22-14-6-4-13(5-7-14)12-25-18-20-19-17(23-18)16-15(8-11-24-16)21-9-2-3-10-21/h2-11H,12H2,1H3. The Morgan fingerprint density at radius 1 is 1.12 bits per heavy atom. The van der Waals surface area contributed by atoms with Crippen molar-refractivity contribution in [2.45, 2.75) is 11.0 Å². The van der Waals surface area contributed by atoms with Crippen LogP contribution in [0.4, 0.5) is 0 Å². The van der Waals surface area contributed by atoms with Gasteiger partial charge < -0.3 is 13.7 Å². The van der Waals surface area contributed by atoms with Crippen LogP contribution in [0.1, 0.15) is 5.56 Å². The third-order valence-corrected chi connectivity index (χ3v) is 5.43. The molecule has 4 aromatic rings. The summed E-state index contributed by atoms with van der Waals surface area (Å²) in [4.78, 5) is 0.972. The molecule has 7 heteroatoms. The summed E-state index contributed by atoms with van der Waals surface area (Å²) in [6.07, 6.45) is 4.00. The fraction of sp³-hybridized carbons (Fsp3) is 0.111. The van der Waals surface area contributed by atoms with Crippen LogP contribution in [0.2, 0.25) is 0 Å². The van der Waals surface area contributed by atoms with Gasteiger partial charge in [0.05, 0.1) is 12.8 Å². The molecule has 0 N–H and O–H groups in total. The zero-order valence-electron chi connectivity index (χ0n) is 13.5. The van der Waals surface area contributed by atoms with Gasteiger partial charge in [-0.05, 0) is 41.3 Å². The summed E-state index contributed by atoms with van der Waals surface area (Å²) >= 11 is 3.12. The third kappa shape index (κ3) is 3.47. The van der Waals surface area contributed by atoms with E-state index in [1.54, 1.807) is 18.4 Å². The second-order valence-electron chi connectivity index (χ2n) is 5.24. The lowest BCUT2D eigenvalue weighted by molar-refractivity contribution is 0.414. The van der Waals surface area contributed by atoms with Crippen molar-refractivity contribution in [3.05, 3.63) is 65.8 Å². The van der Waals surface area contributed by atoms with Crippen LogP contribution in [0.25, 0.3) is 16.5 Å². The number of hydrogen-bond acceptors (Lipinski definition) is 6. The van der Waals surface area contributed by atoms with Crippen LogP contribution in [-0.4, -0.2) is 21.9 Å². The lowest BCUT2D eigenvalue weighted by Crippen LogP contribution is -1.89. The lowest BCUT2D eigenvalue weighted by Gasteiger charge is -2.02. The molecule has 0 atom stereocenters. The van der Waals surface area contributed by atoms with Gasteiger partial charge in [0.1, 0.15) is 10.6 Å². The van der Waals surface area contributed by atoms with Crippen LogP contribution >= 0.6 is 23.1 Å². The maximum Gasteiger partial charge on any atom is 0.277 e.